The van der Waals surface area contributed by atoms with Crippen LogP contribution in [0.3, 0.4) is 0 Å². The van der Waals surface area contributed by atoms with Crippen LogP contribution in [0.4, 0.5) is 0 Å². The standard InChI is InChI=1S/C27H29N3O2/c1-3-29-26(32)27(13-16-30(19-27)25(31)23-11-14-28-15-12-23)18-21-5-4-6-24(17-21)22-9-7-20(2)8-10-22/h4-12,14-15,17H,3,13,16,18-19H2,1-2H3,(H,29,32)/t27-/m0/s1. The molecule has 1 aromatic heterocycles. The summed E-state index contributed by atoms with van der Waals surface area (Å²) in [5.41, 5.74) is 4.59. The summed E-state index contributed by atoms with van der Waals surface area (Å²) < 4.78 is 0. The van der Waals surface area contributed by atoms with Crippen molar-refractivity contribution < 1.29 is 9.59 Å². The Labute approximate surface area is 189 Å². The number of nitrogens with zero attached hydrogens (tertiary/aromatic N) is 2. The highest BCUT2D eigenvalue weighted by Crippen LogP contribution is 2.36. The van der Waals surface area contributed by atoms with Gasteiger partial charge in [-0.05, 0) is 55.5 Å². The first-order valence-corrected chi connectivity index (χ1v) is 11.1. The van der Waals surface area contributed by atoms with Crippen LogP contribution < -0.4 is 5.32 Å². The molecule has 2 amide bonds. The molecule has 5 heteroatoms. The van der Waals surface area contributed by atoms with Crippen molar-refractivity contribution in [2.45, 2.75) is 26.7 Å². The fraction of sp³-hybridized carbons (Fsp3) is 0.296. The maximum absolute atomic E-state index is 13.2. The maximum atomic E-state index is 13.2. The smallest absolute Gasteiger partial charge is 0.253 e. The summed E-state index contributed by atoms with van der Waals surface area (Å²) in [7, 11) is 0. The maximum Gasteiger partial charge on any atom is 0.253 e. The molecule has 3 aromatic rings. The van der Waals surface area contributed by atoms with Crippen molar-refractivity contribution in [2.24, 2.45) is 5.41 Å². The SMILES string of the molecule is CCNC(=O)[C@]1(Cc2cccc(-c3ccc(C)cc3)c2)CCN(C(=O)c2ccncc2)C1. The van der Waals surface area contributed by atoms with Gasteiger partial charge < -0.3 is 10.2 Å². The van der Waals surface area contributed by atoms with Gasteiger partial charge in [-0.1, -0.05) is 54.1 Å². The first-order chi connectivity index (χ1) is 15.5. The molecule has 0 unspecified atom stereocenters. The number of amides is 2. The molecule has 1 saturated heterocycles. The summed E-state index contributed by atoms with van der Waals surface area (Å²) >= 11 is 0. The van der Waals surface area contributed by atoms with Gasteiger partial charge in [0.2, 0.25) is 5.91 Å². The van der Waals surface area contributed by atoms with Crippen LogP contribution in [0, 0.1) is 12.3 Å². The molecule has 32 heavy (non-hydrogen) atoms. The molecule has 1 aliphatic heterocycles. The topological polar surface area (TPSA) is 62.3 Å². The zero-order valence-corrected chi connectivity index (χ0v) is 18.7. The molecular weight excluding hydrogens is 398 g/mol. The minimum absolute atomic E-state index is 0.0192. The Morgan fingerprint density at radius 2 is 1.78 bits per heavy atom. The Bertz CT molecular complexity index is 1100. The lowest BCUT2D eigenvalue weighted by Crippen LogP contribution is -2.45. The predicted octanol–water partition coefficient (Wildman–Crippen LogP) is 4.27. The molecule has 0 aliphatic carbocycles. The van der Waals surface area contributed by atoms with Crippen molar-refractivity contribution in [3.8, 4) is 11.1 Å². The first-order valence-electron chi connectivity index (χ1n) is 11.1. The number of hydrogen-bond acceptors (Lipinski definition) is 3. The molecule has 2 heterocycles. The lowest BCUT2D eigenvalue weighted by atomic mass is 9.79. The monoisotopic (exact) mass is 427 g/mol. The Hall–Kier alpha value is -3.47. The van der Waals surface area contributed by atoms with E-state index in [1.165, 1.54) is 5.56 Å². The van der Waals surface area contributed by atoms with Crippen LogP contribution in [-0.2, 0) is 11.2 Å². The van der Waals surface area contributed by atoms with E-state index in [-0.39, 0.29) is 11.8 Å². The zero-order valence-electron chi connectivity index (χ0n) is 18.7. The largest absolute Gasteiger partial charge is 0.356 e. The van der Waals surface area contributed by atoms with Crippen LogP contribution in [0.5, 0.6) is 0 Å². The minimum Gasteiger partial charge on any atom is -0.356 e. The molecular formula is C27H29N3O2. The van der Waals surface area contributed by atoms with E-state index < -0.39 is 5.41 Å². The second kappa shape index (κ2) is 9.35. The van der Waals surface area contributed by atoms with Gasteiger partial charge in [-0.2, -0.15) is 0 Å². The second-order valence-electron chi connectivity index (χ2n) is 8.60. The number of nitrogens with one attached hydrogen (secondary N) is 1. The number of benzene rings is 2. The molecule has 0 saturated carbocycles. The number of aromatic nitrogens is 1. The zero-order chi connectivity index (χ0) is 22.6. The van der Waals surface area contributed by atoms with Gasteiger partial charge in [0.15, 0.2) is 0 Å². The average molecular weight is 428 g/mol. The Morgan fingerprint density at radius 3 is 2.50 bits per heavy atom. The van der Waals surface area contributed by atoms with Crippen molar-refractivity contribution in [3.63, 3.8) is 0 Å². The predicted molar refractivity (Wildman–Crippen MR) is 126 cm³/mol. The summed E-state index contributed by atoms with van der Waals surface area (Å²) in [5, 5.41) is 3.01. The highest BCUT2D eigenvalue weighted by Gasteiger charge is 2.45. The van der Waals surface area contributed by atoms with Crippen molar-refractivity contribution in [1.29, 1.82) is 0 Å². The highest BCUT2D eigenvalue weighted by atomic mass is 16.2. The molecule has 2 aromatic carbocycles. The fourth-order valence-corrected chi connectivity index (χ4v) is 4.48. The molecule has 1 fully saturated rings. The minimum atomic E-state index is -0.634. The molecule has 1 N–H and O–H groups in total. The van der Waals surface area contributed by atoms with Crippen LogP contribution in [0.2, 0.25) is 0 Å². The third-order valence-electron chi connectivity index (χ3n) is 6.24. The third kappa shape index (κ3) is 4.57. The number of aryl methyl sites for hydroxylation is 1. The van der Waals surface area contributed by atoms with Gasteiger partial charge >= 0.3 is 0 Å². The van der Waals surface area contributed by atoms with Crippen molar-refractivity contribution in [2.75, 3.05) is 19.6 Å². The number of hydrogen-bond donors (Lipinski definition) is 1. The molecule has 0 bridgehead atoms. The number of carbonyl (C=O) groups excluding carboxylic acids is 2. The third-order valence-corrected chi connectivity index (χ3v) is 6.24. The van der Waals surface area contributed by atoms with Crippen molar-refractivity contribution in [3.05, 3.63) is 89.7 Å². The van der Waals surface area contributed by atoms with E-state index >= 15 is 0 Å². The lowest BCUT2D eigenvalue weighted by Gasteiger charge is -2.28. The lowest BCUT2D eigenvalue weighted by molar-refractivity contribution is -0.130. The van der Waals surface area contributed by atoms with Gasteiger partial charge in [0.25, 0.3) is 5.91 Å². The van der Waals surface area contributed by atoms with E-state index in [1.807, 2.05) is 13.0 Å². The Balaban J connectivity index is 1.59. The molecule has 1 aliphatic rings. The normalized spacial score (nSPS) is 17.9. The summed E-state index contributed by atoms with van der Waals surface area (Å²) in [5.74, 6) is -0.0299. The quantitative estimate of drug-likeness (QED) is 0.639. The number of carbonyl (C=O) groups is 2. The van der Waals surface area contributed by atoms with Crippen LogP contribution in [-0.4, -0.2) is 41.3 Å². The van der Waals surface area contributed by atoms with Gasteiger partial charge in [-0.25, -0.2) is 0 Å². The second-order valence-corrected chi connectivity index (χ2v) is 8.60. The molecule has 5 nitrogen and oxygen atoms in total. The fourth-order valence-electron chi connectivity index (χ4n) is 4.48. The van der Waals surface area contributed by atoms with Crippen molar-refractivity contribution >= 4 is 11.8 Å². The van der Waals surface area contributed by atoms with Crippen LogP contribution in [0.15, 0.2) is 73.1 Å². The molecule has 0 radical (unpaired) electrons. The average Bonchev–Trinajstić information content (AvgIpc) is 3.25. The molecule has 4 rings (SSSR count). The van der Waals surface area contributed by atoms with E-state index in [0.717, 1.165) is 16.7 Å². The van der Waals surface area contributed by atoms with E-state index in [4.69, 9.17) is 0 Å². The molecule has 164 valence electrons. The number of likely N-dealkylation sites (tertiary alicyclic amines) is 1. The van der Waals surface area contributed by atoms with E-state index in [2.05, 4.69) is 59.7 Å². The molecule has 1 atom stereocenters. The van der Waals surface area contributed by atoms with E-state index in [1.54, 1.807) is 29.4 Å². The van der Waals surface area contributed by atoms with Gasteiger partial charge in [-0.15, -0.1) is 0 Å². The van der Waals surface area contributed by atoms with Crippen LogP contribution in [0.25, 0.3) is 11.1 Å². The van der Waals surface area contributed by atoms with Crippen molar-refractivity contribution in [1.82, 2.24) is 15.2 Å². The number of pyridine rings is 1. The van der Waals surface area contributed by atoms with Crippen LogP contribution >= 0.6 is 0 Å². The summed E-state index contributed by atoms with van der Waals surface area (Å²) in [6, 6.07) is 20.3. The van der Waals surface area contributed by atoms with Crippen LogP contribution in [0.1, 0.15) is 34.8 Å². The van der Waals surface area contributed by atoms with E-state index in [0.29, 0.717) is 38.0 Å². The van der Waals surface area contributed by atoms with Gasteiger partial charge in [0.1, 0.15) is 0 Å². The Kier molecular flexibility index (Phi) is 6.35. The summed E-state index contributed by atoms with van der Waals surface area (Å²) in [6.45, 7) is 5.56. The van der Waals surface area contributed by atoms with Gasteiger partial charge in [-0.3, -0.25) is 14.6 Å². The van der Waals surface area contributed by atoms with Gasteiger partial charge in [0, 0.05) is 37.6 Å². The van der Waals surface area contributed by atoms with Gasteiger partial charge in [0.05, 0.1) is 5.41 Å². The Morgan fingerprint density at radius 1 is 1.03 bits per heavy atom. The molecule has 0 spiro atoms. The summed E-state index contributed by atoms with van der Waals surface area (Å²) in [4.78, 5) is 32.0. The highest BCUT2D eigenvalue weighted by molar-refractivity contribution is 5.95. The van der Waals surface area contributed by atoms with E-state index in [9.17, 15) is 9.59 Å². The summed E-state index contributed by atoms with van der Waals surface area (Å²) in [6.07, 6.45) is 4.48. The first kappa shape index (κ1) is 21.8. The number of rotatable bonds is 6.